The lowest BCUT2D eigenvalue weighted by Crippen LogP contribution is -2.33. The van der Waals surface area contributed by atoms with Gasteiger partial charge in [-0.25, -0.2) is 0 Å². The molecule has 0 radical (unpaired) electrons. The fourth-order valence-electron chi connectivity index (χ4n) is 1.03. The van der Waals surface area contributed by atoms with Gasteiger partial charge in [0.1, 0.15) is 5.75 Å². The number of ether oxygens (including phenoxy) is 1. The van der Waals surface area contributed by atoms with Gasteiger partial charge in [0, 0.05) is 12.5 Å². The highest BCUT2D eigenvalue weighted by atomic mass is 16.5. The molecule has 0 fully saturated rings. The van der Waals surface area contributed by atoms with E-state index in [1.54, 1.807) is 12.1 Å². The Kier molecular flexibility index (Phi) is 2.88. The molecule has 14 heavy (non-hydrogen) atoms. The van der Waals surface area contributed by atoms with E-state index >= 15 is 0 Å². The third kappa shape index (κ3) is 1.92. The number of carbonyl (C=O) groups excluding carboxylic acids is 1. The van der Waals surface area contributed by atoms with E-state index in [0.29, 0.717) is 5.75 Å². The first-order valence-corrected chi connectivity index (χ1v) is 4.09. The molecular formula is C10H12O4. The van der Waals surface area contributed by atoms with Crippen molar-refractivity contribution in [1.29, 1.82) is 0 Å². The second-order valence-electron chi connectivity index (χ2n) is 2.96. The van der Waals surface area contributed by atoms with Gasteiger partial charge >= 0.3 is 0 Å². The Morgan fingerprint density at radius 2 is 1.79 bits per heavy atom. The van der Waals surface area contributed by atoms with Gasteiger partial charge in [0.25, 0.3) is 5.79 Å². The number of Topliss-reactive ketones (excluding diaryl/α,β-unsaturated/α-hetero) is 1. The van der Waals surface area contributed by atoms with E-state index in [0.717, 1.165) is 6.92 Å². The molecule has 0 spiro atoms. The average molecular weight is 196 g/mol. The highest BCUT2D eigenvalue weighted by molar-refractivity contribution is 5.84. The number of hydrogen-bond acceptors (Lipinski definition) is 4. The summed E-state index contributed by atoms with van der Waals surface area (Å²) in [4.78, 5) is 10.9. The predicted octanol–water partition coefficient (Wildman–Crippen LogP) is 0.422. The second kappa shape index (κ2) is 3.77. The number of methoxy groups -OCH3 is 1. The number of benzene rings is 1. The van der Waals surface area contributed by atoms with Gasteiger partial charge in [0.15, 0.2) is 5.78 Å². The maximum Gasteiger partial charge on any atom is 0.251 e. The van der Waals surface area contributed by atoms with E-state index < -0.39 is 11.6 Å². The zero-order valence-corrected chi connectivity index (χ0v) is 8.02. The number of carbonyl (C=O) groups is 1. The van der Waals surface area contributed by atoms with Crippen LogP contribution in [0, 0.1) is 0 Å². The van der Waals surface area contributed by atoms with E-state index in [9.17, 15) is 15.0 Å². The number of ketones is 1. The lowest BCUT2D eigenvalue weighted by molar-refractivity contribution is -0.184. The predicted molar refractivity (Wildman–Crippen MR) is 49.8 cm³/mol. The lowest BCUT2D eigenvalue weighted by atomic mass is 10.0. The quantitative estimate of drug-likeness (QED) is 0.687. The minimum atomic E-state index is -2.41. The van der Waals surface area contributed by atoms with Crippen LogP contribution in [0.5, 0.6) is 5.75 Å². The Bertz CT molecular complexity index is 326. The van der Waals surface area contributed by atoms with Gasteiger partial charge in [-0.2, -0.15) is 0 Å². The molecule has 1 aromatic carbocycles. The Balaban J connectivity index is 3.02. The molecule has 0 saturated heterocycles. The summed E-state index contributed by atoms with van der Waals surface area (Å²) >= 11 is 0. The summed E-state index contributed by atoms with van der Waals surface area (Å²) in [6.45, 7) is 1.12. The molecule has 1 aromatic rings. The standard InChI is InChI=1S/C10H12O4/c1-7(11)10(12,13)8-3-5-9(14-2)6-4-8/h3-6,12-13H,1-2H3. The van der Waals surface area contributed by atoms with Crippen LogP contribution >= 0.6 is 0 Å². The smallest absolute Gasteiger partial charge is 0.251 e. The van der Waals surface area contributed by atoms with E-state index in [4.69, 9.17) is 4.74 Å². The molecule has 0 aromatic heterocycles. The van der Waals surface area contributed by atoms with Crippen molar-refractivity contribution in [3.05, 3.63) is 29.8 Å². The molecule has 0 aliphatic carbocycles. The summed E-state index contributed by atoms with van der Waals surface area (Å²) < 4.78 is 4.89. The molecule has 1 rings (SSSR count). The summed E-state index contributed by atoms with van der Waals surface area (Å²) in [5.41, 5.74) is 0.130. The van der Waals surface area contributed by atoms with Crippen LogP contribution in [0.1, 0.15) is 12.5 Å². The molecular weight excluding hydrogens is 184 g/mol. The van der Waals surface area contributed by atoms with Crippen LogP contribution in [0.4, 0.5) is 0 Å². The molecule has 76 valence electrons. The third-order valence-electron chi connectivity index (χ3n) is 1.98. The van der Waals surface area contributed by atoms with Crippen molar-refractivity contribution in [2.75, 3.05) is 7.11 Å². The van der Waals surface area contributed by atoms with Crippen molar-refractivity contribution < 1.29 is 19.7 Å². The molecule has 2 N–H and O–H groups in total. The van der Waals surface area contributed by atoms with Crippen molar-refractivity contribution in [2.24, 2.45) is 0 Å². The van der Waals surface area contributed by atoms with E-state index in [-0.39, 0.29) is 5.56 Å². The van der Waals surface area contributed by atoms with Gasteiger partial charge in [-0.15, -0.1) is 0 Å². The van der Waals surface area contributed by atoms with Crippen molar-refractivity contribution in [3.63, 3.8) is 0 Å². The Morgan fingerprint density at radius 3 is 2.14 bits per heavy atom. The molecule has 0 saturated carbocycles. The van der Waals surface area contributed by atoms with Crippen molar-refractivity contribution >= 4 is 5.78 Å². The zero-order chi connectivity index (χ0) is 10.8. The number of rotatable bonds is 3. The SMILES string of the molecule is COc1ccc(C(O)(O)C(C)=O)cc1. The van der Waals surface area contributed by atoms with Crippen LogP contribution in [-0.2, 0) is 10.6 Å². The summed E-state index contributed by atoms with van der Waals surface area (Å²) in [6.07, 6.45) is 0. The molecule has 0 atom stereocenters. The Hall–Kier alpha value is -1.39. The Labute approximate surface area is 81.8 Å². The molecule has 0 aliphatic rings. The summed E-state index contributed by atoms with van der Waals surface area (Å²) in [5.74, 6) is -2.54. The fraction of sp³-hybridized carbons (Fsp3) is 0.300. The van der Waals surface area contributed by atoms with Gasteiger partial charge in [0.05, 0.1) is 7.11 Å². The fourth-order valence-corrected chi connectivity index (χ4v) is 1.03. The minimum absolute atomic E-state index is 0.130. The van der Waals surface area contributed by atoms with Crippen molar-refractivity contribution in [2.45, 2.75) is 12.7 Å². The maximum atomic E-state index is 10.9. The highest BCUT2D eigenvalue weighted by Gasteiger charge is 2.31. The normalized spacial score (nSPS) is 11.1. The first kappa shape index (κ1) is 10.7. The topological polar surface area (TPSA) is 66.8 Å². The lowest BCUT2D eigenvalue weighted by Gasteiger charge is -2.18. The number of aliphatic hydroxyl groups is 2. The van der Waals surface area contributed by atoms with Crippen LogP contribution in [0.3, 0.4) is 0 Å². The molecule has 4 nitrogen and oxygen atoms in total. The average Bonchev–Trinajstić information content (AvgIpc) is 2.17. The highest BCUT2D eigenvalue weighted by Crippen LogP contribution is 2.21. The number of hydrogen-bond donors (Lipinski definition) is 2. The summed E-state index contributed by atoms with van der Waals surface area (Å²) in [7, 11) is 1.51. The van der Waals surface area contributed by atoms with Crippen molar-refractivity contribution in [1.82, 2.24) is 0 Å². The minimum Gasteiger partial charge on any atom is -0.497 e. The first-order valence-electron chi connectivity index (χ1n) is 4.09. The van der Waals surface area contributed by atoms with Crippen LogP contribution in [0.15, 0.2) is 24.3 Å². The molecule has 0 amide bonds. The molecule has 0 unspecified atom stereocenters. The molecule has 4 heteroatoms. The second-order valence-corrected chi connectivity index (χ2v) is 2.96. The summed E-state index contributed by atoms with van der Waals surface area (Å²) in [6, 6.07) is 5.97. The van der Waals surface area contributed by atoms with E-state index in [2.05, 4.69) is 0 Å². The first-order chi connectivity index (χ1) is 6.48. The van der Waals surface area contributed by atoms with Crippen LogP contribution in [-0.4, -0.2) is 23.1 Å². The third-order valence-corrected chi connectivity index (χ3v) is 1.98. The van der Waals surface area contributed by atoms with E-state index in [1.807, 2.05) is 0 Å². The summed E-state index contributed by atoms with van der Waals surface area (Å²) in [5, 5.41) is 18.8. The Morgan fingerprint density at radius 1 is 1.29 bits per heavy atom. The van der Waals surface area contributed by atoms with Gasteiger partial charge in [0.2, 0.25) is 0 Å². The largest absolute Gasteiger partial charge is 0.497 e. The van der Waals surface area contributed by atoms with Gasteiger partial charge in [-0.1, -0.05) is 0 Å². The van der Waals surface area contributed by atoms with Gasteiger partial charge in [-0.3, -0.25) is 4.79 Å². The van der Waals surface area contributed by atoms with E-state index in [1.165, 1.54) is 19.2 Å². The van der Waals surface area contributed by atoms with Crippen LogP contribution < -0.4 is 4.74 Å². The van der Waals surface area contributed by atoms with Crippen LogP contribution in [0.2, 0.25) is 0 Å². The molecule has 0 aliphatic heterocycles. The molecule has 0 bridgehead atoms. The monoisotopic (exact) mass is 196 g/mol. The van der Waals surface area contributed by atoms with Gasteiger partial charge in [-0.05, 0) is 24.3 Å². The van der Waals surface area contributed by atoms with Crippen LogP contribution in [0.25, 0.3) is 0 Å². The maximum absolute atomic E-state index is 10.9. The molecule has 0 heterocycles. The van der Waals surface area contributed by atoms with Crippen molar-refractivity contribution in [3.8, 4) is 5.75 Å². The van der Waals surface area contributed by atoms with Gasteiger partial charge < -0.3 is 14.9 Å². The zero-order valence-electron chi connectivity index (χ0n) is 8.02.